The van der Waals surface area contributed by atoms with E-state index in [0.29, 0.717) is 6.61 Å². The summed E-state index contributed by atoms with van der Waals surface area (Å²) in [5.41, 5.74) is 1.00. The largest absolute Gasteiger partial charge is 0.497 e. The third-order valence-electron chi connectivity index (χ3n) is 2.36. The highest BCUT2D eigenvalue weighted by Gasteiger charge is 2.24. The molecule has 0 spiro atoms. The molecule has 0 aromatic heterocycles. The van der Waals surface area contributed by atoms with Crippen molar-refractivity contribution in [3.63, 3.8) is 0 Å². The predicted molar refractivity (Wildman–Crippen MR) is 56.8 cm³/mol. The lowest BCUT2D eigenvalue weighted by Crippen LogP contribution is -2.04. The molecule has 1 aromatic carbocycles. The molecule has 1 aliphatic heterocycles. The second-order valence-corrected chi connectivity index (χ2v) is 3.35. The topological polar surface area (TPSA) is 27.7 Å². The third kappa shape index (κ3) is 2.19. The van der Waals surface area contributed by atoms with E-state index in [1.807, 2.05) is 24.3 Å². The standard InChI is InChI=1S/C12H14O3/c1-3-10-8-14-12(15-10)9-4-6-11(13-2)7-5-9/h3-7,10,12H,1,8H2,2H3. The lowest BCUT2D eigenvalue weighted by molar-refractivity contribution is -0.0533. The van der Waals surface area contributed by atoms with E-state index in [4.69, 9.17) is 14.2 Å². The molecule has 1 aromatic rings. The van der Waals surface area contributed by atoms with Crippen LogP contribution in [0, 0.1) is 0 Å². The second kappa shape index (κ2) is 4.47. The minimum Gasteiger partial charge on any atom is -0.497 e. The normalized spacial score (nSPS) is 25.1. The highest BCUT2D eigenvalue weighted by Crippen LogP contribution is 2.28. The Morgan fingerprint density at radius 2 is 2.13 bits per heavy atom. The Balaban J connectivity index is 2.07. The van der Waals surface area contributed by atoms with Gasteiger partial charge in [-0.25, -0.2) is 0 Å². The minimum atomic E-state index is -0.279. The van der Waals surface area contributed by atoms with Gasteiger partial charge < -0.3 is 14.2 Å². The van der Waals surface area contributed by atoms with E-state index in [1.165, 1.54) is 0 Å². The summed E-state index contributed by atoms with van der Waals surface area (Å²) in [4.78, 5) is 0. The molecule has 0 aliphatic carbocycles. The van der Waals surface area contributed by atoms with Crippen LogP contribution in [0.5, 0.6) is 5.75 Å². The molecule has 0 radical (unpaired) electrons. The zero-order chi connectivity index (χ0) is 10.7. The Labute approximate surface area is 89.3 Å². The van der Waals surface area contributed by atoms with E-state index in [2.05, 4.69) is 6.58 Å². The summed E-state index contributed by atoms with van der Waals surface area (Å²) in [6.45, 7) is 4.24. The number of rotatable bonds is 3. The summed E-state index contributed by atoms with van der Waals surface area (Å²) in [5.74, 6) is 0.831. The van der Waals surface area contributed by atoms with E-state index >= 15 is 0 Å². The molecule has 3 heteroatoms. The van der Waals surface area contributed by atoms with E-state index in [1.54, 1.807) is 13.2 Å². The number of hydrogen-bond acceptors (Lipinski definition) is 3. The van der Waals surface area contributed by atoms with E-state index in [0.717, 1.165) is 11.3 Å². The monoisotopic (exact) mass is 206 g/mol. The van der Waals surface area contributed by atoms with Crippen LogP contribution < -0.4 is 4.74 Å². The number of methoxy groups -OCH3 is 1. The molecule has 2 rings (SSSR count). The van der Waals surface area contributed by atoms with Crippen molar-refractivity contribution in [2.24, 2.45) is 0 Å². The lowest BCUT2D eigenvalue weighted by atomic mass is 10.2. The third-order valence-corrected chi connectivity index (χ3v) is 2.36. The molecule has 0 bridgehead atoms. The fourth-order valence-electron chi connectivity index (χ4n) is 1.48. The first-order valence-corrected chi connectivity index (χ1v) is 4.87. The van der Waals surface area contributed by atoms with Crippen molar-refractivity contribution in [3.8, 4) is 5.75 Å². The molecule has 0 N–H and O–H groups in total. The molecular weight excluding hydrogens is 192 g/mol. The van der Waals surface area contributed by atoms with Crippen molar-refractivity contribution < 1.29 is 14.2 Å². The van der Waals surface area contributed by atoms with Crippen LogP contribution in [0.3, 0.4) is 0 Å². The molecule has 1 aliphatic rings. The molecule has 3 nitrogen and oxygen atoms in total. The first-order chi connectivity index (χ1) is 7.33. The number of benzene rings is 1. The number of ether oxygens (including phenoxy) is 3. The fourth-order valence-corrected chi connectivity index (χ4v) is 1.48. The smallest absolute Gasteiger partial charge is 0.184 e. The van der Waals surface area contributed by atoms with Gasteiger partial charge in [0, 0.05) is 5.56 Å². The van der Waals surface area contributed by atoms with Crippen LogP contribution in [-0.2, 0) is 9.47 Å². The van der Waals surface area contributed by atoms with Gasteiger partial charge in [-0.2, -0.15) is 0 Å². The summed E-state index contributed by atoms with van der Waals surface area (Å²) in [7, 11) is 1.64. The Morgan fingerprint density at radius 3 is 2.67 bits per heavy atom. The van der Waals surface area contributed by atoms with Gasteiger partial charge in [-0.3, -0.25) is 0 Å². The van der Waals surface area contributed by atoms with E-state index in [9.17, 15) is 0 Å². The lowest BCUT2D eigenvalue weighted by Gasteiger charge is -2.10. The molecule has 1 saturated heterocycles. The summed E-state index contributed by atoms with van der Waals surface area (Å²) in [5, 5.41) is 0. The molecule has 15 heavy (non-hydrogen) atoms. The van der Waals surface area contributed by atoms with Gasteiger partial charge in [0.2, 0.25) is 0 Å². The number of hydrogen-bond donors (Lipinski definition) is 0. The fraction of sp³-hybridized carbons (Fsp3) is 0.333. The molecular formula is C12H14O3. The van der Waals surface area contributed by atoms with Gasteiger partial charge in [0.15, 0.2) is 6.29 Å². The van der Waals surface area contributed by atoms with Gasteiger partial charge in [0.05, 0.1) is 13.7 Å². The highest BCUT2D eigenvalue weighted by molar-refractivity contribution is 5.28. The van der Waals surface area contributed by atoms with Crippen LogP contribution in [0.2, 0.25) is 0 Å². The molecule has 2 atom stereocenters. The van der Waals surface area contributed by atoms with Crippen molar-refractivity contribution in [1.29, 1.82) is 0 Å². The van der Waals surface area contributed by atoms with Crippen LogP contribution >= 0.6 is 0 Å². The Morgan fingerprint density at radius 1 is 1.40 bits per heavy atom. The van der Waals surface area contributed by atoms with Crippen LogP contribution in [0.1, 0.15) is 11.9 Å². The quantitative estimate of drug-likeness (QED) is 0.710. The average Bonchev–Trinajstić information content (AvgIpc) is 2.78. The zero-order valence-electron chi connectivity index (χ0n) is 8.68. The minimum absolute atomic E-state index is 0.00268. The highest BCUT2D eigenvalue weighted by atomic mass is 16.7. The van der Waals surface area contributed by atoms with Gasteiger partial charge in [-0.05, 0) is 12.1 Å². The Bertz CT molecular complexity index is 331. The van der Waals surface area contributed by atoms with E-state index < -0.39 is 0 Å². The van der Waals surface area contributed by atoms with Crippen LogP contribution in [0.25, 0.3) is 0 Å². The average molecular weight is 206 g/mol. The van der Waals surface area contributed by atoms with Crippen molar-refractivity contribution in [2.75, 3.05) is 13.7 Å². The van der Waals surface area contributed by atoms with Gasteiger partial charge in [0.25, 0.3) is 0 Å². The van der Waals surface area contributed by atoms with Gasteiger partial charge in [-0.1, -0.05) is 18.2 Å². The molecule has 0 amide bonds. The summed E-state index contributed by atoms with van der Waals surface area (Å²) in [6, 6.07) is 7.66. The van der Waals surface area contributed by atoms with E-state index in [-0.39, 0.29) is 12.4 Å². The second-order valence-electron chi connectivity index (χ2n) is 3.35. The maximum absolute atomic E-state index is 5.59. The predicted octanol–water partition coefficient (Wildman–Crippen LogP) is 2.30. The Kier molecular flexibility index (Phi) is 3.04. The zero-order valence-corrected chi connectivity index (χ0v) is 8.68. The van der Waals surface area contributed by atoms with Gasteiger partial charge in [-0.15, -0.1) is 6.58 Å². The van der Waals surface area contributed by atoms with Crippen molar-refractivity contribution in [3.05, 3.63) is 42.5 Å². The van der Waals surface area contributed by atoms with Crippen molar-refractivity contribution in [1.82, 2.24) is 0 Å². The van der Waals surface area contributed by atoms with Crippen LogP contribution in [0.4, 0.5) is 0 Å². The van der Waals surface area contributed by atoms with Crippen molar-refractivity contribution >= 4 is 0 Å². The maximum Gasteiger partial charge on any atom is 0.184 e. The van der Waals surface area contributed by atoms with Gasteiger partial charge >= 0.3 is 0 Å². The van der Waals surface area contributed by atoms with Crippen LogP contribution in [-0.4, -0.2) is 19.8 Å². The summed E-state index contributed by atoms with van der Waals surface area (Å²) >= 11 is 0. The SMILES string of the molecule is C=CC1COC(c2ccc(OC)cc2)O1. The first kappa shape index (κ1) is 10.2. The Hall–Kier alpha value is -1.32. The molecule has 2 unspecified atom stereocenters. The van der Waals surface area contributed by atoms with Crippen LogP contribution in [0.15, 0.2) is 36.9 Å². The van der Waals surface area contributed by atoms with Crippen molar-refractivity contribution in [2.45, 2.75) is 12.4 Å². The summed E-state index contributed by atoms with van der Waals surface area (Å²) in [6.07, 6.45) is 1.47. The molecule has 1 heterocycles. The first-order valence-electron chi connectivity index (χ1n) is 4.87. The van der Waals surface area contributed by atoms with Gasteiger partial charge in [0.1, 0.15) is 11.9 Å². The summed E-state index contributed by atoms with van der Waals surface area (Å²) < 4.78 is 16.1. The maximum atomic E-state index is 5.59. The molecule has 0 saturated carbocycles. The molecule has 80 valence electrons. The molecule has 1 fully saturated rings.